The minimum atomic E-state index is -0.480. The summed E-state index contributed by atoms with van der Waals surface area (Å²) in [4.78, 5) is 19.0. The number of carbonyl (C=O) groups is 1. The minimum absolute atomic E-state index is 0.132. The lowest BCUT2D eigenvalue weighted by molar-refractivity contribution is 0.0529. The fraction of sp³-hybridized carbons (Fsp3) is 0.588. The molecular formula is C17H22N4O3. The van der Waals surface area contributed by atoms with Crippen molar-refractivity contribution in [3.05, 3.63) is 35.9 Å². The standard InChI is InChI=1S/C17H22N4O3/c18-17(8-2-3-9-17)16-19-14(24-20-16)12-6-1-4-10-21(12)15(22)13-7-5-11-23-13/h5,7,11-12H,1-4,6,8-10,18H2. The molecule has 1 unspecified atom stereocenters. The highest BCUT2D eigenvalue weighted by Crippen LogP contribution is 2.37. The van der Waals surface area contributed by atoms with E-state index in [1.807, 2.05) is 0 Å². The highest BCUT2D eigenvalue weighted by molar-refractivity contribution is 5.91. The van der Waals surface area contributed by atoms with Gasteiger partial charge in [-0.2, -0.15) is 4.98 Å². The second-order valence-electron chi connectivity index (χ2n) is 6.81. The Kier molecular flexibility index (Phi) is 3.88. The van der Waals surface area contributed by atoms with E-state index in [2.05, 4.69) is 10.1 Å². The molecule has 1 saturated carbocycles. The van der Waals surface area contributed by atoms with Gasteiger partial charge in [-0.1, -0.05) is 18.0 Å². The SMILES string of the molecule is NC1(c2noc(C3CCCCN3C(=O)c3ccco3)n2)CCCC1. The Morgan fingerprint density at radius 1 is 1.29 bits per heavy atom. The number of likely N-dealkylation sites (tertiary alicyclic amines) is 1. The lowest BCUT2D eigenvalue weighted by Gasteiger charge is -2.32. The molecule has 0 spiro atoms. The molecule has 0 radical (unpaired) electrons. The van der Waals surface area contributed by atoms with Gasteiger partial charge in [0.05, 0.1) is 11.8 Å². The van der Waals surface area contributed by atoms with Crippen molar-refractivity contribution in [2.24, 2.45) is 5.73 Å². The zero-order valence-corrected chi connectivity index (χ0v) is 13.6. The fourth-order valence-corrected chi connectivity index (χ4v) is 3.78. The second-order valence-corrected chi connectivity index (χ2v) is 6.81. The van der Waals surface area contributed by atoms with Crippen molar-refractivity contribution < 1.29 is 13.7 Å². The molecule has 3 heterocycles. The van der Waals surface area contributed by atoms with E-state index in [0.29, 0.717) is 24.0 Å². The number of carbonyl (C=O) groups excluding carboxylic acids is 1. The van der Waals surface area contributed by atoms with E-state index in [4.69, 9.17) is 14.7 Å². The Bertz CT molecular complexity index is 703. The monoisotopic (exact) mass is 330 g/mol. The molecule has 0 bridgehead atoms. The van der Waals surface area contributed by atoms with E-state index < -0.39 is 5.54 Å². The van der Waals surface area contributed by atoms with Crippen molar-refractivity contribution in [1.82, 2.24) is 15.0 Å². The highest BCUT2D eigenvalue weighted by Gasteiger charge is 2.39. The van der Waals surface area contributed by atoms with Crippen molar-refractivity contribution in [3.63, 3.8) is 0 Å². The number of furan rings is 1. The first-order valence-electron chi connectivity index (χ1n) is 8.65. The average molecular weight is 330 g/mol. The number of piperidine rings is 1. The lowest BCUT2D eigenvalue weighted by Crippen LogP contribution is -2.39. The number of amides is 1. The van der Waals surface area contributed by atoms with Gasteiger partial charge in [0.2, 0.25) is 5.89 Å². The Balaban J connectivity index is 1.59. The smallest absolute Gasteiger partial charge is 0.290 e. The number of hydrogen-bond acceptors (Lipinski definition) is 6. The van der Waals surface area contributed by atoms with Crippen LogP contribution >= 0.6 is 0 Å². The molecular weight excluding hydrogens is 308 g/mol. The molecule has 2 N–H and O–H groups in total. The van der Waals surface area contributed by atoms with Gasteiger partial charge >= 0.3 is 0 Å². The third-order valence-electron chi connectivity index (χ3n) is 5.16. The van der Waals surface area contributed by atoms with E-state index in [-0.39, 0.29) is 11.9 Å². The summed E-state index contributed by atoms with van der Waals surface area (Å²) in [5, 5.41) is 4.13. The molecule has 0 aromatic carbocycles. The molecule has 1 saturated heterocycles. The molecule has 24 heavy (non-hydrogen) atoms. The number of nitrogens with two attached hydrogens (primary N) is 1. The molecule has 1 amide bonds. The van der Waals surface area contributed by atoms with Gasteiger partial charge in [-0.25, -0.2) is 0 Å². The van der Waals surface area contributed by atoms with Gasteiger partial charge in [0.25, 0.3) is 5.91 Å². The molecule has 1 atom stereocenters. The van der Waals surface area contributed by atoms with Gasteiger partial charge < -0.3 is 19.6 Å². The van der Waals surface area contributed by atoms with Gasteiger partial charge in [-0.15, -0.1) is 0 Å². The van der Waals surface area contributed by atoms with E-state index >= 15 is 0 Å². The van der Waals surface area contributed by atoms with Gasteiger partial charge in [0.15, 0.2) is 11.6 Å². The second kappa shape index (κ2) is 6.05. The predicted molar refractivity (Wildman–Crippen MR) is 85.0 cm³/mol. The van der Waals surface area contributed by atoms with Crippen LogP contribution in [0.2, 0.25) is 0 Å². The maximum Gasteiger partial charge on any atom is 0.290 e. The molecule has 128 valence electrons. The molecule has 7 heteroatoms. The van der Waals surface area contributed by atoms with Crippen LogP contribution in [0.25, 0.3) is 0 Å². The van der Waals surface area contributed by atoms with Crippen LogP contribution in [0.5, 0.6) is 0 Å². The van der Waals surface area contributed by atoms with Crippen molar-refractivity contribution in [3.8, 4) is 0 Å². The van der Waals surface area contributed by atoms with Crippen molar-refractivity contribution >= 4 is 5.91 Å². The van der Waals surface area contributed by atoms with Gasteiger partial charge in [0, 0.05) is 6.54 Å². The molecule has 1 aliphatic carbocycles. The number of aromatic nitrogens is 2. The Hall–Kier alpha value is -2.15. The van der Waals surface area contributed by atoms with Crippen LogP contribution in [-0.2, 0) is 5.54 Å². The summed E-state index contributed by atoms with van der Waals surface area (Å²) >= 11 is 0. The van der Waals surface area contributed by atoms with E-state index in [1.54, 1.807) is 17.0 Å². The van der Waals surface area contributed by atoms with Crippen molar-refractivity contribution in [2.75, 3.05) is 6.54 Å². The molecule has 2 aliphatic rings. The molecule has 4 rings (SSSR count). The summed E-state index contributed by atoms with van der Waals surface area (Å²) in [6, 6.07) is 3.19. The van der Waals surface area contributed by atoms with E-state index in [1.165, 1.54) is 6.26 Å². The summed E-state index contributed by atoms with van der Waals surface area (Å²) in [7, 11) is 0. The first-order valence-corrected chi connectivity index (χ1v) is 8.65. The topological polar surface area (TPSA) is 98.4 Å². The molecule has 2 aromatic heterocycles. The summed E-state index contributed by atoms with van der Waals surface area (Å²) in [5.74, 6) is 1.27. The van der Waals surface area contributed by atoms with Crippen LogP contribution in [0.4, 0.5) is 0 Å². The molecule has 1 aliphatic heterocycles. The van der Waals surface area contributed by atoms with Crippen molar-refractivity contribution in [1.29, 1.82) is 0 Å². The van der Waals surface area contributed by atoms with Crippen LogP contribution < -0.4 is 5.73 Å². The molecule has 2 fully saturated rings. The minimum Gasteiger partial charge on any atom is -0.459 e. The van der Waals surface area contributed by atoms with E-state index in [9.17, 15) is 4.79 Å². The highest BCUT2D eigenvalue weighted by atomic mass is 16.5. The average Bonchev–Trinajstić information content (AvgIpc) is 3.35. The normalized spacial score (nSPS) is 23.5. The first kappa shape index (κ1) is 15.4. The zero-order valence-electron chi connectivity index (χ0n) is 13.6. The molecule has 2 aromatic rings. The Labute approximate surface area is 140 Å². The maximum absolute atomic E-state index is 12.7. The number of hydrogen-bond donors (Lipinski definition) is 1. The lowest BCUT2D eigenvalue weighted by atomic mass is 9.98. The van der Waals surface area contributed by atoms with Gasteiger partial charge in [-0.3, -0.25) is 4.79 Å². The van der Waals surface area contributed by atoms with Crippen LogP contribution in [-0.4, -0.2) is 27.5 Å². The molecule has 7 nitrogen and oxygen atoms in total. The zero-order chi connectivity index (χ0) is 16.6. The van der Waals surface area contributed by atoms with Crippen LogP contribution in [0, 0.1) is 0 Å². The van der Waals surface area contributed by atoms with E-state index in [0.717, 1.165) is 44.9 Å². The Morgan fingerprint density at radius 2 is 2.12 bits per heavy atom. The fourth-order valence-electron chi connectivity index (χ4n) is 3.78. The predicted octanol–water partition coefficient (Wildman–Crippen LogP) is 2.76. The van der Waals surface area contributed by atoms with Crippen LogP contribution in [0.3, 0.4) is 0 Å². The van der Waals surface area contributed by atoms with Gasteiger partial charge in [0.1, 0.15) is 6.04 Å². The number of rotatable bonds is 3. The summed E-state index contributed by atoms with van der Waals surface area (Å²) in [6.07, 6.45) is 8.25. The summed E-state index contributed by atoms with van der Waals surface area (Å²) in [6.45, 7) is 0.662. The quantitative estimate of drug-likeness (QED) is 0.929. The Morgan fingerprint density at radius 3 is 2.88 bits per heavy atom. The largest absolute Gasteiger partial charge is 0.459 e. The third-order valence-corrected chi connectivity index (χ3v) is 5.16. The first-order chi connectivity index (χ1) is 11.7. The summed E-state index contributed by atoms with van der Waals surface area (Å²) in [5.41, 5.74) is 5.93. The third kappa shape index (κ3) is 2.62. The van der Waals surface area contributed by atoms with Crippen LogP contribution in [0.1, 0.15) is 73.3 Å². The van der Waals surface area contributed by atoms with Crippen LogP contribution in [0.15, 0.2) is 27.3 Å². The number of nitrogens with zero attached hydrogens (tertiary/aromatic N) is 3. The van der Waals surface area contributed by atoms with Gasteiger partial charge in [-0.05, 0) is 44.2 Å². The van der Waals surface area contributed by atoms with Crippen molar-refractivity contribution in [2.45, 2.75) is 56.5 Å². The summed E-state index contributed by atoms with van der Waals surface area (Å²) < 4.78 is 10.8. The maximum atomic E-state index is 12.7.